The maximum absolute atomic E-state index is 13.5. The van der Waals surface area contributed by atoms with Crippen molar-refractivity contribution in [2.75, 3.05) is 23.3 Å². The van der Waals surface area contributed by atoms with Gasteiger partial charge in [-0.15, -0.1) is 0 Å². The molecule has 0 heterocycles. The monoisotopic (exact) mass is 540 g/mol. The first-order chi connectivity index (χ1) is 15.1. The van der Waals surface area contributed by atoms with Gasteiger partial charge < -0.3 is 10.1 Å². The molecule has 6 nitrogen and oxygen atoms in total. The number of sulfonamides is 1. The third-order valence-electron chi connectivity index (χ3n) is 4.52. The van der Waals surface area contributed by atoms with Crippen LogP contribution in [0.2, 0.25) is 5.02 Å². The zero-order valence-corrected chi connectivity index (χ0v) is 20.3. The molecule has 3 aromatic rings. The molecule has 168 valence electrons. The van der Waals surface area contributed by atoms with Crippen molar-refractivity contribution in [1.82, 2.24) is 0 Å². The molecule has 1 amide bonds. The number of carbonyl (C=O) groups is 1. The van der Waals surface area contributed by atoms with Gasteiger partial charge in [0.15, 0.2) is 0 Å². The Labute approximate surface area is 199 Å². The number of amides is 1. The van der Waals surface area contributed by atoms with Crippen molar-refractivity contribution in [2.45, 2.75) is 11.8 Å². The van der Waals surface area contributed by atoms with E-state index in [-0.39, 0.29) is 15.6 Å². The van der Waals surface area contributed by atoms with E-state index in [1.807, 2.05) is 6.92 Å². The molecule has 0 saturated heterocycles. The van der Waals surface area contributed by atoms with Crippen LogP contribution in [0.3, 0.4) is 0 Å². The Morgan fingerprint density at radius 3 is 2.41 bits per heavy atom. The van der Waals surface area contributed by atoms with E-state index in [1.165, 1.54) is 37.4 Å². The summed E-state index contributed by atoms with van der Waals surface area (Å²) in [5.41, 5.74) is 1.49. The van der Waals surface area contributed by atoms with E-state index in [4.69, 9.17) is 16.3 Å². The molecule has 0 unspecified atom stereocenters. The Bertz CT molecular complexity index is 1250. The number of anilines is 2. The lowest BCUT2D eigenvalue weighted by Gasteiger charge is -2.24. The molecular weight excluding hydrogens is 523 g/mol. The van der Waals surface area contributed by atoms with Crippen molar-refractivity contribution in [2.24, 2.45) is 0 Å². The molecule has 0 bridgehead atoms. The average Bonchev–Trinajstić information content (AvgIpc) is 2.75. The van der Waals surface area contributed by atoms with Crippen molar-refractivity contribution in [3.63, 3.8) is 0 Å². The normalized spacial score (nSPS) is 11.2. The average molecular weight is 542 g/mol. The van der Waals surface area contributed by atoms with Crippen molar-refractivity contribution in [3.05, 3.63) is 81.5 Å². The number of carbonyl (C=O) groups excluding carboxylic acids is 1. The molecule has 0 spiro atoms. The predicted molar refractivity (Wildman–Crippen MR) is 126 cm³/mol. The molecule has 0 aliphatic heterocycles. The van der Waals surface area contributed by atoms with Gasteiger partial charge in [-0.2, -0.15) is 0 Å². The fourth-order valence-corrected chi connectivity index (χ4v) is 5.19. The summed E-state index contributed by atoms with van der Waals surface area (Å²) >= 11 is 9.05. The summed E-state index contributed by atoms with van der Waals surface area (Å²) in [5.74, 6) is -0.778. The zero-order valence-electron chi connectivity index (χ0n) is 17.1. The highest BCUT2D eigenvalue weighted by Gasteiger charge is 2.28. The first-order valence-corrected chi connectivity index (χ1v) is 11.9. The molecule has 32 heavy (non-hydrogen) atoms. The van der Waals surface area contributed by atoms with Crippen LogP contribution < -0.4 is 14.4 Å². The molecule has 3 aromatic carbocycles. The zero-order chi connectivity index (χ0) is 23.5. The smallest absolute Gasteiger partial charge is 0.264 e. The van der Waals surface area contributed by atoms with Crippen molar-refractivity contribution < 1.29 is 22.3 Å². The van der Waals surface area contributed by atoms with Gasteiger partial charge in [-0.1, -0.05) is 29.3 Å². The van der Waals surface area contributed by atoms with Gasteiger partial charge in [0.05, 0.1) is 27.2 Å². The topological polar surface area (TPSA) is 75.7 Å². The SMILES string of the molecule is COc1ccc(S(=O)(=O)N(CC(=O)Nc2ccc(F)c(Cl)c2)c2ccc(C)cc2)cc1Br. The molecular formula is C22H19BrClFN2O4S. The molecule has 3 rings (SSSR count). The van der Waals surface area contributed by atoms with Crippen molar-refractivity contribution >= 4 is 54.8 Å². The lowest BCUT2D eigenvalue weighted by molar-refractivity contribution is -0.114. The summed E-state index contributed by atoms with van der Waals surface area (Å²) in [6, 6.07) is 14.8. The molecule has 0 radical (unpaired) electrons. The number of nitrogens with zero attached hydrogens (tertiary/aromatic N) is 1. The number of methoxy groups -OCH3 is 1. The Balaban J connectivity index is 1.96. The van der Waals surface area contributed by atoms with Gasteiger partial charge in [-0.3, -0.25) is 9.10 Å². The van der Waals surface area contributed by atoms with Crippen molar-refractivity contribution in [3.8, 4) is 5.75 Å². The summed E-state index contributed by atoms with van der Waals surface area (Å²) in [6.07, 6.45) is 0. The van der Waals surface area contributed by atoms with Crippen LogP contribution in [-0.2, 0) is 14.8 Å². The van der Waals surface area contributed by atoms with Gasteiger partial charge in [-0.25, -0.2) is 12.8 Å². The van der Waals surface area contributed by atoms with Crippen LogP contribution in [0.4, 0.5) is 15.8 Å². The van der Waals surface area contributed by atoms with Gasteiger partial charge in [0.25, 0.3) is 10.0 Å². The molecule has 0 atom stereocenters. The number of rotatable bonds is 7. The maximum Gasteiger partial charge on any atom is 0.264 e. The Kier molecular flexibility index (Phi) is 7.43. The quantitative estimate of drug-likeness (QED) is 0.435. The molecule has 0 aromatic heterocycles. The van der Waals surface area contributed by atoms with E-state index < -0.39 is 28.3 Å². The minimum absolute atomic E-state index is 0.0247. The molecule has 0 aliphatic rings. The standard InChI is InChI=1S/C22H19BrClFN2O4S/c1-14-3-6-16(7-4-14)27(13-22(28)26-15-5-9-20(25)19(24)11-15)32(29,30)17-8-10-21(31-2)18(23)12-17/h3-12H,13H2,1-2H3,(H,26,28). The van der Waals surface area contributed by atoms with Crippen LogP contribution >= 0.6 is 27.5 Å². The minimum atomic E-state index is -4.12. The molecule has 0 aliphatic carbocycles. The lowest BCUT2D eigenvalue weighted by Crippen LogP contribution is -2.38. The number of benzene rings is 3. The van der Waals surface area contributed by atoms with E-state index in [9.17, 15) is 17.6 Å². The van der Waals surface area contributed by atoms with Gasteiger partial charge in [0.2, 0.25) is 5.91 Å². The number of aryl methyl sites for hydroxylation is 1. The third-order valence-corrected chi connectivity index (χ3v) is 7.20. The van der Waals surface area contributed by atoms with Gasteiger partial charge in [-0.05, 0) is 71.4 Å². The van der Waals surface area contributed by atoms with E-state index in [2.05, 4.69) is 21.2 Å². The number of hydrogen-bond donors (Lipinski definition) is 1. The second kappa shape index (κ2) is 9.89. The van der Waals surface area contributed by atoms with Gasteiger partial charge in [0, 0.05) is 5.69 Å². The summed E-state index contributed by atoms with van der Waals surface area (Å²) in [5, 5.41) is 2.39. The summed E-state index contributed by atoms with van der Waals surface area (Å²) < 4.78 is 46.9. The highest BCUT2D eigenvalue weighted by atomic mass is 79.9. The Morgan fingerprint density at radius 1 is 1.12 bits per heavy atom. The number of ether oxygens (including phenoxy) is 1. The molecule has 1 N–H and O–H groups in total. The number of nitrogens with one attached hydrogen (secondary N) is 1. The van der Waals surface area contributed by atoms with Crippen LogP contribution in [0.15, 0.2) is 70.0 Å². The largest absolute Gasteiger partial charge is 0.496 e. The fourth-order valence-electron chi connectivity index (χ4n) is 2.87. The second-order valence-corrected chi connectivity index (χ2v) is 9.94. The van der Waals surface area contributed by atoms with Crippen LogP contribution in [0.1, 0.15) is 5.56 Å². The van der Waals surface area contributed by atoms with Crippen LogP contribution in [-0.4, -0.2) is 28.0 Å². The van der Waals surface area contributed by atoms with E-state index in [1.54, 1.807) is 24.3 Å². The van der Waals surface area contributed by atoms with E-state index in [0.717, 1.165) is 15.9 Å². The first-order valence-electron chi connectivity index (χ1n) is 9.29. The van der Waals surface area contributed by atoms with Crippen LogP contribution in [0.25, 0.3) is 0 Å². The summed E-state index contributed by atoms with van der Waals surface area (Å²) in [7, 11) is -2.64. The summed E-state index contributed by atoms with van der Waals surface area (Å²) in [6.45, 7) is 1.36. The van der Waals surface area contributed by atoms with Crippen LogP contribution in [0.5, 0.6) is 5.75 Å². The van der Waals surface area contributed by atoms with Gasteiger partial charge >= 0.3 is 0 Å². The second-order valence-electron chi connectivity index (χ2n) is 6.82. The number of halogens is 3. The first kappa shape index (κ1) is 24.0. The maximum atomic E-state index is 13.5. The predicted octanol–water partition coefficient (Wildman–Crippen LogP) is 5.39. The van der Waals surface area contributed by atoms with Gasteiger partial charge in [0.1, 0.15) is 18.1 Å². The summed E-state index contributed by atoms with van der Waals surface area (Å²) in [4.78, 5) is 12.7. The van der Waals surface area contributed by atoms with Crippen LogP contribution in [0, 0.1) is 12.7 Å². The third kappa shape index (κ3) is 5.40. The molecule has 10 heteroatoms. The molecule has 0 saturated carbocycles. The molecule has 0 fully saturated rings. The van der Waals surface area contributed by atoms with Crippen molar-refractivity contribution in [1.29, 1.82) is 0 Å². The minimum Gasteiger partial charge on any atom is -0.496 e. The fraction of sp³-hybridized carbons (Fsp3) is 0.136. The Hall–Kier alpha value is -2.62. The Morgan fingerprint density at radius 2 is 1.81 bits per heavy atom. The van der Waals surface area contributed by atoms with E-state index >= 15 is 0 Å². The number of hydrogen-bond acceptors (Lipinski definition) is 4. The lowest BCUT2D eigenvalue weighted by atomic mass is 10.2. The highest BCUT2D eigenvalue weighted by molar-refractivity contribution is 9.10. The highest BCUT2D eigenvalue weighted by Crippen LogP contribution is 2.31. The van der Waals surface area contributed by atoms with E-state index in [0.29, 0.717) is 15.9 Å².